The summed E-state index contributed by atoms with van der Waals surface area (Å²) in [6.45, 7) is 5.31. The fourth-order valence-electron chi connectivity index (χ4n) is 2.34. The standard InChI is InChI=1S/C14H21N/c1-11(2)12-4-3-5-13(10-12)14(6-7-14)8-9-15/h3-5,10-11H,6-9,15H2,1-2H3. The summed E-state index contributed by atoms with van der Waals surface area (Å²) in [5, 5.41) is 0. The van der Waals surface area contributed by atoms with Crippen LogP contribution in [0.5, 0.6) is 0 Å². The molecule has 0 spiro atoms. The average Bonchev–Trinajstić information content (AvgIpc) is 3.00. The minimum atomic E-state index is 0.444. The normalized spacial score (nSPS) is 18.1. The van der Waals surface area contributed by atoms with Gasteiger partial charge in [0.25, 0.3) is 0 Å². The third-order valence-corrected chi connectivity index (χ3v) is 3.64. The van der Waals surface area contributed by atoms with Gasteiger partial charge in [0, 0.05) is 0 Å². The number of rotatable bonds is 4. The van der Waals surface area contributed by atoms with Crippen molar-refractivity contribution in [2.75, 3.05) is 6.54 Å². The maximum atomic E-state index is 5.69. The van der Waals surface area contributed by atoms with E-state index in [9.17, 15) is 0 Å². The quantitative estimate of drug-likeness (QED) is 0.799. The second-order valence-electron chi connectivity index (χ2n) is 5.10. The molecule has 1 aromatic rings. The van der Waals surface area contributed by atoms with Crippen molar-refractivity contribution >= 4 is 0 Å². The van der Waals surface area contributed by atoms with Gasteiger partial charge in [-0.05, 0) is 48.3 Å². The lowest BCUT2D eigenvalue weighted by molar-refractivity contribution is 0.627. The minimum Gasteiger partial charge on any atom is -0.330 e. The van der Waals surface area contributed by atoms with Crippen molar-refractivity contribution in [2.24, 2.45) is 5.73 Å². The van der Waals surface area contributed by atoms with Crippen molar-refractivity contribution in [2.45, 2.75) is 44.4 Å². The van der Waals surface area contributed by atoms with Gasteiger partial charge >= 0.3 is 0 Å². The zero-order chi connectivity index (χ0) is 10.9. The van der Waals surface area contributed by atoms with Crippen LogP contribution in [0.1, 0.15) is 50.2 Å². The van der Waals surface area contributed by atoms with Crippen molar-refractivity contribution in [1.29, 1.82) is 0 Å². The summed E-state index contributed by atoms with van der Waals surface area (Å²) in [6, 6.07) is 9.08. The van der Waals surface area contributed by atoms with Crippen molar-refractivity contribution in [1.82, 2.24) is 0 Å². The predicted octanol–water partition coefficient (Wildman–Crippen LogP) is 3.19. The molecule has 0 heterocycles. The molecule has 0 saturated heterocycles. The van der Waals surface area contributed by atoms with Crippen molar-refractivity contribution in [3.63, 3.8) is 0 Å². The molecule has 2 N–H and O–H groups in total. The minimum absolute atomic E-state index is 0.444. The van der Waals surface area contributed by atoms with Crippen LogP contribution in [0.15, 0.2) is 24.3 Å². The van der Waals surface area contributed by atoms with Crippen LogP contribution in [-0.4, -0.2) is 6.54 Å². The Morgan fingerprint density at radius 3 is 2.60 bits per heavy atom. The predicted molar refractivity (Wildman–Crippen MR) is 65.1 cm³/mol. The third kappa shape index (κ3) is 2.07. The van der Waals surface area contributed by atoms with Gasteiger partial charge in [-0.1, -0.05) is 38.1 Å². The van der Waals surface area contributed by atoms with Crippen LogP contribution in [0.2, 0.25) is 0 Å². The van der Waals surface area contributed by atoms with Crippen LogP contribution in [0.3, 0.4) is 0 Å². The van der Waals surface area contributed by atoms with Crippen LogP contribution < -0.4 is 5.73 Å². The first-order chi connectivity index (χ1) is 7.18. The zero-order valence-corrected chi connectivity index (χ0v) is 9.79. The van der Waals surface area contributed by atoms with Crippen molar-refractivity contribution in [3.8, 4) is 0 Å². The Labute approximate surface area is 92.7 Å². The Kier molecular flexibility index (Phi) is 2.83. The van der Waals surface area contributed by atoms with E-state index in [1.165, 1.54) is 24.0 Å². The Morgan fingerprint density at radius 2 is 2.07 bits per heavy atom. The molecule has 0 bridgehead atoms. The van der Waals surface area contributed by atoms with Crippen molar-refractivity contribution < 1.29 is 0 Å². The SMILES string of the molecule is CC(C)c1cccc(C2(CCN)CC2)c1. The van der Waals surface area contributed by atoms with Crippen LogP contribution in [0, 0.1) is 0 Å². The smallest absolute Gasteiger partial charge is 0.00343 e. The van der Waals surface area contributed by atoms with E-state index in [2.05, 4.69) is 38.1 Å². The van der Waals surface area contributed by atoms with Gasteiger partial charge in [0.05, 0.1) is 0 Å². The first-order valence-corrected chi connectivity index (χ1v) is 5.98. The molecule has 82 valence electrons. The highest BCUT2D eigenvalue weighted by Gasteiger charge is 2.43. The van der Waals surface area contributed by atoms with Crippen LogP contribution >= 0.6 is 0 Å². The summed E-state index contributed by atoms with van der Waals surface area (Å²) < 4.78 is 0. The monoisotopic (exact) mass is 203 g/mol. The lowest BCUT2D eigenvalue weighted by atomic mass is 9.89. The number of hydrogen-bond donors (Lipinski definition) is 1. The molecule has 1 aromatic carbocycles. The molecule has 1 heteroatoms. The van der Waals surface area contributed by atoms with E-state index in [-0.39, 0.29) is 0 Å². The fourth-order valence-corrected chi connectivity index (χ4v) is 2.34. The van der Waals surface area contributed by atoms with Gasteiger partial charge in [-0.25, -0.2) is 0 Å². The van der Waals surface area contributed by atoms with Gasteiger partial charge in [-0.2, -0.15) is 0 Å². The lowest BCUT2D eigenvalue weighted by Gasteiger charge is -2.16. The molecule has 1 nitrogen and oxygen atoms in total. The highest BCUT2D eigenvalue weighted by molar-refractivity contribution is 5.35. The summed E-state index contributed by atoms with van der Waals surface area (Å²) in [5.74, 6) is 0.624. The van der Waals surface area contributed by atoms with E-state index in [4.69, 9.17) is 5.73 Å². The molecule has 1 aliphatic carbocycles. The number of hydrogen-bond acceptors (Lipinski definition) is 1. The van der Waals surface area contributed by atoms with Gasteiger partial charge in [0.1, 0.15) is 0 Å². The second-order valence-corrected chi connectivity index (χ2v) is 5.10. The topological polar surface area (TPSA) is 26.0 Å². The molecule has 0 atom stereocenters. The maximum Gasteiger partial charge on any atom is -0.00343 e. The summed E-state index contributed by atoms with van der Waals surface area (Å²) in [6.07, 6.45) is 3.80. The maximum absolute atomic E-state index is 5.69. The number of nitrogens with two attached hydrogens (primary N) is 1. The van der Waals surface area contributed by atoms with Gasteiger partial charge < -0.3 is 5.73 Å². The van der Waals surface area contributed by atoms with Crippen LogP contribution in [0.25, 0.3) is 0 Å². The van der Waals surface area contributed by atoms with E-state index in [0.29, 0.717) is 11.3 Å². The van der Waals surface area contributed by atoms with Crippen LogP contribution in [-0.2, 0) is 5.41 Å². The lowest BCUT2D eigenvalue weighted by Crippen LogP contribution is -2.13. The van der Waals surface area contributed by atoms with Gasteiger partial charge in [0.15, 0.2) is 0 Å². The third-order valence-electron chi connectivity index (χ3n) is 3.64. The molecule has 1 aliphatic rings. The Balaban J connectivity index is 2.25. The van der Waals surface area contributed by atoms with E-state index in [1.54, 1.807) is 0 Å². The molecule has 0 amide bonds. The summed E-state index contributed by atoms with van der Waals surface area (Å²) in [4.78, 5) is 0. The Hall–Kier alpha value is -0.820. The molecule has 0 aromatic heterocycles. The highest BCUT2D eigenvalue weighted by Crippen LogP contribution is 2.50. The molecule has 0 unspecified atom stereocenters. The zero-order valence-electron chi connectivity index (χ0n) is 9.79. The molecule has 1 saturated carbocycles. The largest absolute Gasteiger partial charge is 0.330 e. The summed E-state index contributed by atoms with van der Waals surface area (Å²) in [5.41, 5.74) is 9.10. The Morgan fingerprint density at radius 1 is 1.33 bits per heavy atom. The molecular weight excluding hydrogens is 182 g/mol. The summed E-state index contributed by atoms with van der Waals surface area (Å²) >= 11 is 0. The Bertz CT molecular complexity index is 337. The number of benzene rings is 1. The first kappa shape index (κ1) is 10.7. The van der Waals surface area contributed by atoms with E-state index in [0.717, 1.165) is 13.0 Å². The average molecular weight is 203 g/mol. The highest BCUT2D eigenvalue weighted by atomic mass is 14.6. The molecule has 1 fully saturated rings. The van der Waals surface area contributed by atoms with Crippen LogP contribution in [0.4, 0.5) is 0 Å². The van der Waals surface area contributed by atoms with Gasteiger partial charge in [-0.3, -0.25) is 0 Å². The van der Waals surface area contributed by atoms with E-state index < -0.39 is 0 Å². The van der Waals surface area contributed by atoms with E-state index >= 15 is 0 Å². The van der Waals surface area contributed by atoms with E-state index in [1.807, 2.05) is 0 Å². The van der Waals surface area contributed by atoms with Gasteiger partial charge in [0.2, 0.25) is 0 Å². The van der Waals surface area contributed by atoms with Gasteiger partial charge in [-0.15, -0.1) is 0 Å². The molecule has 15 heavy (non-hydrogen) atoms. The van der Waals surface area contributed by atoms with Crippen molar-refractivity contribution in [3.05, 3.63) is 35.4 Å². The molecule has 0 radical (unpaired) electrons. The molecular formula is C14H21N. The molecule has 2 rings (SSSR count). The second kappa shape index (κ2) is 3.97. The molecule has 0 aliphatic heterocycles. The fraction of sp³-hybridized carbons (Fsp3) is 0.571. The first-order valence-electron chi connectivity index (χ1n) is 5.98. The summed E-state index contributed by atoms with van der Waals surface area (Å²) in [7, 11) is 0.